The van der Waals surface area contributed by atoms with Crippen LogP contribution in [-0.2, 0) is 75.8 Å². The molecule has 21 aliphatic rings. The lowest BCUT2D eigenvalue weighted by Crippen LogP contribution is -2.67. The minimum Gasteiger partial charge on any atom is -0.394 e. The van der Waals surface area contributed by atoms with Crippen molar-refractivity contribution >= 4 is 0 Å². The normalized spacial score (nSPS) is 57.3. The van der Waals surface area contributed by atoms with E-state index in [0.29, 0.717) is 0 Å². The average Bonchev–Trinajstić information content (AvgIpc) is 4.36. The van der Waals surface area contributed by atoms with E-state index in [2.05, 4.69) is 0 Å². The fraction of sp³-hybridized carbons (Fsp3) is 1.00. The van der Waals surface area contributed by atoms with E-state index in [-0.39, 0.29) is 0 Å². The fourth-order valence-corrected chi connectivity index (χ4v) is 10.9. The Labute approximate surface area is 423 Å². The standard InChI is InChI=1S/C42H66O33/c43-1-8-25-15(50)20(55)36(60-8)70-26-9(2-44)63-39(23(58)16(26)51)74-30-13(6-48)66-42(35-32(30)67-35)73-29-12(5-47)62-38(22(57)19(29)54)71-27-10(3-45)64-40(24(59)17(27)52)75-31-14(7-49)65-41(34-33(31)68-34)72-28-11(4-46)61-37(69-25)21(56)18(28)53/h8-59H,1-7H2/t8-,9-,10-,11-,12-,13-,14-,15-,16-,17-,18-,19-,20-,21-,22-,23-,24-,25-,26-,27-,28-,29-,30-,31-,32+,33+,34+,35+,36-,37-,38-,39-,40-,41-,42-/m1/s1. The molecule has 75 heavy (non-hydrogen) atoms. The van der Waals surface area contributed by atoms with E-state index >= 15 is 0 Å². The van der Waals surface area contributed by atoms with Gasteiger partial charge in [-0.1, -0.05) is 0 Å². The van der Waals surface area contributed by atoms with Gasteiger partial charge in [-0.05, 0) is 0 Å². The van der Waals surface area contributed by atoms with Crippen LogP contribution in [0.5, 0.6) is 0 Å². The van der Waals surface area contributed by atoms with Crippen LogP contribution in [0.1, 0.15) is 0 Å². The Hall–Kier alpha value is -1.32. The van der Waals surface area contributed by atoms with Crippen LogP contribution < -0.4 is 0 Å². The molecule has 0 aromatic carbocycles. The summed E-state index contributed by atoms with van der Waals surface area (Å²) in [6.07, 6.45) is -58.2. The molecule has 33 nitrogen and oxygen atoms in total. The Morgan fingerprint density at radius 1 is 0.160 bits per heavy atom. The Bertz CT molecular complexity index is 1860. The minimum absolute atomic E-state index is 0.799. The van der Waals surface area contributed by atoms with Gasteiger partial charge in [-0.15, -0.1) is 0 Å². The lowest BCUT2D eigenvalue weighted by atomic mass is 9.95. The lowest BCUT2D eigenvalue weighted by Gasteiger charge is -2.49. The number of hydrogen-bond donors (Lipinski definition) is 17. The van der Waals surface area contributed by atoms with Crippen LogP contribution in [0.15, 0.2) is 0 Å². The van der Waals surface area contributed by atoms with E-state index < -0.39 is 261 Å². The summed E-state index contributed by atoms with van der Waals surface area (Å²) in [6.45, 7) is -6.20. The monoisotopic (exact) mass is 1100 g/mol. The molecule has 0 saturated carbocycles. The van der Waals surface area contributed by atoms with Crippen molar-refractivity contribution in [1.82, 2.24) is 0 Å². The van der Waals surface area contributed by atoms with Crippen molar-refractivity contribution in [2.24, 2.45) is 0 Å². The first-order chi connectivity index (χ1) is 36.0. The number of epoxide rings is 2. The number of hydrogen-bond acceptors (Lipinski definition) is 33. The van der Waals surface area contributed by atoms with E-state index in [4.69, 9.17) is 75.8 Å². The maximum absolute atomic E-state index is 11.4. The van der Waals surface area contributed by atoms with Gasteiger partial charge in [0.2, 0.25) is 0 Å². The topological polar surface area (TPSA) is 498 Å². The van der Waals surface area contributed by atoms with Crippen LogP contribution in [0.2, 0.25) is 0 Å². The molecule has 0 aromatic heterocycles. The van der Waals surface area contributed by atoms with Crippen molar-refractivity contribution in [3.05, 3.63) is 0 Å². The minimum atomic E-state index is -2.11. The molecule has 21 heterocycles. The van der Waals surface area contributed by atoms with Crippen LogP contribution in [0, 0.1) is 0 Å². The Morgan fingerprint density at radius 2 is 0.333 bits per heavy atom. The summed E-state index contributed by atoms with van der Waals surface area (Å²) in [6, 6.07) is 0. The number of aliphatic hydroxyl groups is 17. The molecule has 0 amide bonds. The molecule has 0 spiro atoms. The number of ether oxygens (including phenoxy) is 16. The second-order valence-electron chi connectivity index (χ2n) is 19.8. The van der Waals surface area contributed by atoms with Crippen molar-refractivity contribution in [3.8, 4) is 0 Å². The summed E-state index contributed by atoms with van der Waals surface area (Å²) in [5, 5.41) is 186. The highest BCUT2D eigenvalue weighted by Gasteiger charge is 2.65. The van der Waals surface area contributed by atoms with E-state index in [0.717, 1.165) is 0 Å². The largest absolute Gasteiger partial charge is 0.394 e. The molecule has 14 bridgehead atoms. The van der Waals surface area contributed by atoms with Crippen molar-refractivity contribution in [3.63, 3.8) is 0 Å². The van der Waals surface area contributed by atoms with Gasteiger partial charge in [-0.25, -0.2) is 0 Å². The average molecular weight is 1100 g/mol. The van der Waals surface area contributed by atoms with Crippen LogP contribution in [0.3, 0.4) is 0 Å². The highest BCUT2D eigenvalue weighted by atomic mass is 16.8. The summed E-state index contributed by atoms with van der Waals surface area (Å²) >= 11 is 0. The van der Waals surface area contributed by atoms with Gasteiger partial charge in [0.05, 0.1) is 46.2 Å². The molecule has 0 aliphatic carbocycles. The van der Waals surface area contributed by atoms with E-state index in [1.165, 1.54) is 0 Å². The van der Waals surface area contributed by atoms with Gasteiger partial charge in [0.25, 0.3) is 0 Å². The predicted molar refractivity (Wildman–Crippen MR) is 222 cm³/mol. The van der Waals surface area contributed by atoms with Gasteiger partial charge in [0, 0.05) is 0 Å². The molecule has 21 rings (SSSR count). The van der Waals surface area contributed by atoms with Crippen LogP contribution in [0.4, 0.5) is 0 Å². The predicted octanol–water partition coefficient (Wildman–Crippen LogP) is -13.1. The number of aliphatic hydroxyl groups excluding tert-OH is 17. The summed E-state index contributed by atoms with van der Waals surface area (Å²) in [7, 11) is 0. The lowest BCUT2D eigenvalue weighted by molar-refractivity contribution is -0.387. The molecule has 21 aliphatic heterocycles. The molecule has 432 valence electrons. The van der Waals surface area contributed by atoms with Gasteiger partial charge < -0.3 is 163 Å². The van der Waals surface area contributed by atoms with Crippen molar-refractivity contribution in [1.29, 1.82) is 0 Å². The van der Waals surface area contributed by atoms with Gasteiger partial charge in [-0.2, -0.15) is 0 Å². The molecular weight excluding hydrogens is 1030 g/mol. The van der Waals surface area contributed by atoms with Crippen LogP contribution >= 0.6 is 0 Å². The molecule has 35 atom stereocenters. The Morgan fingerprint density at radius 3 is 0.547 bits per heavy atom. The second kappa shape index (κ2) is 23.3. The summed E-state index contributed by atoms with van der Waals surface area (Å²) < 4.78 is 93.5. The Balaban J connectivity index is 0.908. The van der Waals surface area contributed by atoms with Crippen LogP contribution in [0.25, 0.3) is 0 Å². The first kappa shape index (κ1) is 56.9. The fourth-order valence-electron chi connectivity index (χ4n) is 10.9. The Kier molecular flexibility index (Phi) is 17.7. The van der Waals surface area contributed by atoms with Crippen molar-refractivity contribution in [2.45, 2.75) is 215 Å². The first-order valence-corrected chi connectivity index (χ1v) is 24.5. The van der Waals surface area contributed by atoms with E-state index in [1.807, 2.05) is 0 Å². The maximum Gasteiger partial charge on any atom is 0.187 e. The molecule has 33 heteroatoms. The molecular formula is C42H66O33. The molecule has 17 N–H and O–H groups in total. The third-order valence-electron chi connectivity index (χ3n) is 15.2. The van der Waals surface area contributed by atoms with E-state index in [1.54, 1.807) is 0 Å². The highest BCUT2D eigenvalue weighted by Crippen LogP contribution is 2.45. The van der Waals surface area contributed by atoms with E-state index in [9.17, 15) is 86.8 Å². The summed E-state index contributed by atoms with van der Waals surface area (Å²) in [5.74, 6) is 0. The molecule has 21 saturated heterocycles. The van der Waals surface area contributed by atoms with Gasteiger partial charge in [-0.3, -0.25) is 0 Å². The number of fused-ring (bicyclic) bond motifs is 2. The summed E-state index contributed by atoms with van der Waals surface area (Å²) in [5.41, 5.74) is 0. The van der Waals surface area contributed by atoms with Gasteiger partial charge in [0.1, 0.15) is 171 Å². The number of rotatable bonds is 7. The molecule has 0 aromatic rings. The third-order valence-corrected chi connectivity index (χ3v) is 15.2. The van der Waals surface area contributed by atoms with Crippen molar-refractivity contribution < 1.29 is 163 Å². The van der Waals surface area contributed by atoms with Gasteiger partial charge >= 0.3 is 0 Å². The zero-order chi connectivity index (χ0) is 53.5. The summed E-state index contributed by atoms with van der Waals surface area (Å²) in [4.78, 5) is 0. The zero-order valence-corrected chi connectivity index (χ0v) is 39.3. The second-order valence-corrected chi connectivity index (χ2v) is 19.8. The molecule has 0 unspecified atom stereocenters. The third kappa shape index (κ3) is 10.6. The van der Waals surface area contributed by atoms with Crippen molar-refractivity contribution in [2.75, 3.05) is 46.2 Å². The van der Waals surface area contributed by atoms with Gasteiger partial charge in [0.15, 0.2) is 44.0 Å². The molecule has 21 fully saturated rings. The van der Waals surface area contributed by atoms with Crippen LogP contribution in [-0.4, -0.2) is 348 Å². The molecule has 0 radical (unpaired) electrons. The maximum atomic E-state index is 11.4. The smallest absolute Gasteiger partial charge is 0.187 e. The highest BCUT2D eigenvalue weighted by molar-refractivity contribution is 5.06. The zero-order valence-electron chi connectivity index (χ0n) is 39.3. The SMILES string of the molecule is OC[C@H]1O[C@@H]2O[C@H]3[C@H](O)[C@@H](O)[C@@H](O[C@H]4[C@@H]5O[C@@H]5[C@@H](O[C@H]5[C@H](O)[C@@H](O)[C@@H](O[C@H]6[C@H](O)[C@@H](O)[C@@H](O[C@H]7[C@@H]8O[C@@H]8[C@@H](O[C@H]8[C@H](O)[C@@H](O)[C@@H](O[C@H]1[C@H](O)[C@H]2O)O[C@@H]8CO)O[C@@H]7CO)O[C@@H]6CO)O[C@@H]5CO)O[C@@H]4CO)O[C@@H]3CO. The first-order valence-electron chi connectivity index (χ1n) is 24.5. The quantitative estimate of drug-likeness (QED) is 0.105.